The predicted octanol–water partition coefficient (Wildman–Crippen LogP) is 2.45. The highest BCUT2D eigenvalue weighted by Crippen LogP contribution is 2.04. The lowest BCUT2D eigenvalue weighted by molar-refractivity contribution is -0.0746. The number of allylic oxidation sites excluding steroid dienone is 2. The van der Waals surface area contributed by atoms with Crippen LogP contribution in [0.2, 0.25) is 0 Å². The Bertz CT molecular complexity index is 166. The molecule has 0 aromatic rings. The third-order valence-electron chi connectivity index (χ3n) is 1.48. The summed E-state index contributed by atoms with van der Waals surface area (Å²) in [5, 5.41) is 0. The van der Waals surface area contributed by atoms with Crippen molar-refractivity contribution in [2.45, 2.75) is 19.1 Å². The molecular weight excluding hydrogens is 176 g/mol. The second-order valence-electron chi connectivity index (χ2n) is 2.48. The van der Waals surface area contributed by atoms with E-state index in [4.69, 9.17) is 21.1 Å². The Balaban J connectivity index is 2.00. The second kappa shape index (κ2) is 6.09. The molecule has 3 heteroatoms. The topological polar surface area (TPSA) is 18.5 Å². The SMILES string of the molecule is ClCCCCOC1C=CC=CO1. The minimum atomic E-state index is -0.203. The number of alkyl halides is 1. The van der Waals surface area contributed by atoms with Crippen LogP contribution >= 0.6 is 11.6 Å². The Labute approximate surface area is 77.8 Å². The summed E-state index contributed by atoms with van der Waals surface area (Å²) < 4.78 is 10.5. The van der Waals surface area contributed by atoms with Crippen LogP contribution in [0.25, 0.3) is 0 Å². The van der Waals surface area contributed by atoms with Gasteiger partial charge in [0.05, 0.1) is 12.9 Å². The number of hydrogen-bond donors (Lipinski definition) is 0. The summed E-state index contributed by atoms with van der Waals surface area (Å²) in [5.41, 5.74) is 0. The molecule has 0 aromatic heterocycles. The minimum absolute atomic E-state index is 0.203. The third kappa shape index (κ3) is 3.79. The molecule has 1 atom stereocenters. The van der Waals surface area contributed by atoms with Gasteiger partial charge in [-0.25, -0.2) is 0 Å². The third-order valence-corrected chi connectivity index (χ3v) is 1.75. The molecule has 0 saturated carbocycles. The first kappa shape index (κ1) is 9.62. The number of halogens is 1. The largest absolute Gasteiger partial charge is 0.469 e. The van der Waals surface area contributed by atoms with Gasteiger partial charge < -0.3 is 9.47 Å². The summed E-state index contributed by atoms with van der Waals surface area (Å²) >= 11 is 5.51. The highest BCUT2D eigenvalue weighted by atomic mass is 35.5. The Morgan fingerprint density at radius 2 is 2.25 bits per heavy atom. The van der Waals surface area contributed by atoms with E-state index in [1.54, 1.807) is 6.26 Å². The zero-order valence-electron chi connectivity index (χ0n) is 6.91. The standard InChI is InChI=1S/C9H13ClO2/c10-6-2-4-8-12-9-5-1-3-7-11-9/h1,3,5,7,9H,2,4,6,8H2. The van der Waals surface area contributed by atoms with Crippen molar-refractivity contribution in [3.05, 3.63) is 24.5 Å². The van der Waals surface area contributed by atoms with Crippen LogP contribution in [0, 0.1) is 0 Å². The molecule has 0 spiro atoms. The van der Waals surface area contributed by atoms with Gasteiger partial charge in [-0.1, -0.05) is 6.08 Å². The molecule has 1 rings (SSSR count). The van der Waals surface area contributed by atoms with Crippen molar-refractivity contribution in [3.8, 4) is 0 Å². The van der Waals surface area contributed by atoms with Gasteiger partial charge in [-0.05, 0) is 25.0 Å². The maximum atomic E-state index is 5.51. The van der Waals surface area contributed by atoms with Gasteiger partial charge in [0.1, 0.15) is 0 Å². The monoisotopic (exact) mass is 188 g/mol. The van der Waals surface area contributed by atoms with Gasteiger partial charge >= 0.3 is 0 Å². The van der Waals surface area contributed by atoms with Crippen LogP contribution < -0.4 is 0 Å². The Kier molecular flexibility index (Phi) is 4.88. The molecule has 0 saturated heterocycles. The van der Waals surface area contributed by atoms with Crippen LogP contribution in [0.1, 0.15) is 12.8 Å². The first-order valence-corrected chi connectivity index (χ1v) is 4.63. The lowest BCUT2D eigenvalue weighted by Gasteiger charge is -2.15. The molecule has 0 bridgehead atoms. The summed E-state index contributed by atoms with van der Waals surface area (Å²) in [5.74, 6) is 0.699. The Morgan fingerprint density at radius 1 is 1.33 bits per heavy atom. The smallest absolute Gasteiger partial charge is 0.219 e. The lowest BCUT2D eigenvalue weighted by atomic mass is 10.3. The first-order valence-electron chi connectivity index (χ1n) is 4.10. The van der Waals surface area contributed by atoms with Crippen molar-refractivity contribution in [1.29, 1.82) is 0 Å². The quantitative estimate of drug-likeness (QED) is 0.488. The van der Waals surface area contributed by atoms with Gasteiger partial charge in [-0.2, -0.15) is 0 Å². The van der Waals surface area contributed by atoms with Crippen LogP contribution in [0.4, 0.5) is 0 Å². The summed E-state index contributed by atoms with van der Waals surface area (Å²) in [6.45, 7) is 0.704. The number of rotatable bonds is 5. The first-order chi connectivity index (χ1) is 5.93. The number of ether oxygens (including phenoxy) is 2. The van der Waals surface area contributed by atoms with Crippen molar-refractivity contribution in [2.75, 3.05) is 12.5 Å². The number of unbranched alkanes of at least 4 members (excludes halogenated alkanes) is 1. The van der Waals surface area contributed by atoms with E-state index >= 15 is 0 Å². The molecule has 1 aliphatic heterocycles. The molecule has 2 nitrogen and oxygen atoms in total. The van der Waals surface area contributed by atoms with E-state index in [9.17, 15) is 0 Å². The molecule has 1 unspecified atom stereocenters. The van der Waals surface area contributed by atoms with Crippen LogP contribution in [0.5, 0.6) is 0 Å². The van der Waals surface area contributed by atoms with Gasteiger partial charge in [-0.3, -0.25) is 0 Å². The second-order valence-corrected chi connectivity index (χ2v) is 2.86. The molecular formula is C9H13ClO2. The van der Waals surface area contributed by atoms with Gasteiger partial charge in [0.15, 0.2) is 0 Å². The Morgan fingerprint density at radius 3 is 2.92 bits per heavy atom. The molecule has 68 valence electrons. The van der Waals surface area contributed by atoms with Gasteiger partial charge in [-0.15, -0.1) is 11.6 Å². The predicted molar refractivity (Wildman–Crippen MR) is 49.1 cm³/mol. The summed E-state index contributed by atoms with van der Waals surface area (Å²) in [7, 11) is 0. The molecule has 0 fully saturated rings. The fourth-order valence-electron chi connectivity index (χ4n) is 0.859. The van der Waals surface area contributed by atoms with E-state index in [-0.39, 0.29) is 6.29 Å². The summed E-state index contributed by atoms with van der Waals surface area (Å²) in [6.07, 6.45) is 9.03. The van der Waals surface area contributed by atoms with Crippen LogP contribution in [-0.2, 0) is 9.47 Å². The molecule has 0 N–H and O–H groups in total. The fourth-order valence-corrected chi connectivity index (χ4v) is 1.05. The zero-order chi connectivity index (χ0) is 8.65. The van der Waals surface area contributed by atoms with E-state index in [0.717, 1.165) is 12.8 Å². The molecule has 0 amide bonds. The molecule has 1 aliphatic rings. The van der Waals surface area contributed by atoms with Crippen molar-refractivity contribution >= 4 is 11.6 Å². The summed E-state index contributed by atoms with van der Waals surface area (Å²) in [4.78, 5) is 0. The maximum Gasteiger partial charge on any atom is 0.219 e. The van der Waals surface area contributed by atoms with E-state index in [0.29, 0.717) is 12.5 Å². The van der Waals surface area contributed by atoms with Gasteiger partial charge in [0, 0.05) is 5.88 Å². The lowest BCUT2D eigenvalue weighted by Crippen LogP contribution is -2.13. The molecule has 0 aliphatic carbocycles. The average molecular weight is 189 g/mol. The van der Waals surface area contributed by atoms with Crippen LogP contribution in [-0.4, -0.2) is 18.8 Å². The molecule has 0 aromatic carbocycles. The van der Waals surface area contributed by atoms with Crippen molar-refractivity contribution in [2.24, 2.45) is 0 Å². The maximum absolute atomic E-state index is 5.51. The highest BCUT2D eigenvalue weighted by Gasteiger charge is 2.04. The molecule has 0 radical (unpaired) electrons. The zero-order valence-corrected chi connectivity index (χ0v) is 7.67. The van der Waals surface area contributed by atoms with Gasteiger partial charge in [0.25, 0.3) is 0 Å². The highest BCUT2D eigenvalue weighted by molar-refractivity contribution is 6.17. The average Bonchev–Trinajstić information content (AvgIpc) is 2.14. The molecule has 12 heavy (non-hydrogen) atoms. The minimum Gasteiger partial charge on any atom is -0.469 e. The fraction of sp³-hybridized carbons (Fsp3) is 0.556. The van der Waals surface area contributed by atoms with Crippen molar-refractivity contribution in [3.63, 3.8) is 0 Å². The molecule has 1 heterocycles. The number of hydrogen-bond acceptors (Lipinski definition) is 2. The Hall–Kier alpha value is -0.470. The van der Waals surface area contributed by atoms with Crippen LogP contribution in [0.15, 0.2) is 24.5 Å². The van der Waals surface area contributed by atoms with E-state index < -0.39 is 0 Å². The van der Waals surface area contributed by atoms with E-state index in [1.807, 2.05) is 18.2 Å². The van der Waals surface area contributed by atoms with E-state index in [2.05, 4.69) is 0 Å². The van der Waals surface area contributed by atoms with Gasteiger partial charge in [0.2, 0.25) is 6.29 Å². The van der Waals surface area contributed by atoms with Crippen molar-refractivity contribution in [1.82, 2.24) is 0 Å². The summed E-state index contributed by atoms with van der Waals surface area (Å²) in [6, 6.07) is 0. The van der Waals surface area contributed by atoms with E-state index in [1.165, 1.54) is 0 Å². The normalized spacial score (nSPS) is 20.9. The van der Waals surface area contributed by atoms with Crippen molar-refractivity contribution < 1.29 is 9.47 Å². The van der Waals surface area contributed by atoms with Crippen LogP contribution in [0.3, 0.4) is 0 Å².